The number of rotatable bonds is 4. The highest BCUT2D eigenvalue weighted by Crippen LogP contribution is 2.34. The van der Waals surface area contributed by atoms with Crippen molar-refractivity contribution in [1.82, 2.24) is 5.01 Å². The molecule has 1 aromatic heterocycles. The molecule has 2 aromatic carbocycles. The van der Waals surface area contributed by atoms with Gasteiger partial charge in [0.1, 0.15) is 11.5 Å². The van der Waals surface area contributed by atoms with E-state index in [2.05, 4.69) is 36.3 Å². The summed E-state index contributed by atoms with van der Waals surface area (Å²) in [5.41, 5.74) is 3.78. The Hall–Kier alpha value is -3.14. The van der Waals surface area contributed by atoms with Gasteiger partial charge in [0.2, 0.25) is 0 Å². The molecule has 0 radical (unpaired) electrons. The van der Waals surface area contributed by atoms with E-state index < -0.39 is 0 Å². The molecule has 4 heteroatoms. The Morgan fingerprint density at radius 1 is 1.08 bits per heavy atom. The second kappa shape index (κ2) is 7.00. The first-order valence-electron chi connectivity index (χ1n) is 8.85. The smallest absolute Gasteiger partial charge is 0.274 e. The molecule has 1 aliphatic rings. The summed E-state index contributed by atoms with van der Waals surface area (Å²) >= 11 is 0. The molecule has 4 rings (SSSR count). The average molecular weight is 344 g/mol. The van der Waals surface area contributed by atoms with Crippen molar-refractivity contribution >= 4 is 11.6 Å². The van der Waals surface area contributed by atoms with Gasteiger partial charge in [-0.3, -0.25) is 4.79 Å². The molecule has 2 heterocycles. The number of hydrogen-bond donors (Lipinski definition) is 0. The van der Waals surface area contributed by atoms with Crippen LogP contribution in [0, 0.1) is 0 Å². The first-order chi connectivity index (χ1) is 12.8. The van der Waals surface area contributed by atoms with E-state index in [1.54, 1.807) is 11.3 Å². The maximum Gasteiger partial charge on any atom is 0.274 e. The van der Waals surface area contributed by atoms with Crippen LogP contribution in [0.5, 0.6) is 0 Å². The van der Waals surface area contributed by atoms with Crippen LogP contribution in [0.3, 0.4) is 0 Å². The van der Waals surface area contributed by atoms with E-state index in [9.17, 15) is 4.79 Å². The zero-order valence-electron chi connectivity index (χ0n) is 14.6. The van der Waals surface area contributed by atoms with Crippen molar-refractivity contribution in [2.24, 2.45) is 5.10 Å². The van der Waals surface area contributed by atoms with Crippen LogP contribution in [0.25, 0.3) is 0 Å². The fourth-order valence-electron chi connectivity index (χ4n) is 3.24. The van der Waals surface area contributed by atoms with Gasteiger partial charge < -0.3 is 4.42 Å². The van der Waals surface area contributed by atoms with Crippen LogP contribution in [-0.2, 0) is 6.42 Å². The van der Waals surface area contributed by atoms with E-state index in [1.807, 2.05) is 42.5 Å². The molecule has 1 aliphatic heterocycles. The van der Waals surface area contributed by atoms with E-state index in [0.29, 0.717) is 17.7 Å². The molecule has 0 saturated carbocycles. The summed E-state index contributed by atoms with van der Waals surface area (Å²) < 4.78 is 5.50. The third kappa shape index (κ3) is 3.06. The molecule has 1 unspecified atom stereocenters. The van der Waals surface area contributed by atoms with Crippen LogP contribution in [-0.4, -0.2) is 16.6 Å². The Kier molecular flexibility index (Phi) is 4.40. The van der Waals surface area contributed by atoms with Gasteiger partial charge in [-0.25, -0.2) is 5.01 Å². The Labute approximate surface area is 152 Å². The van der Waals surface area contributed by atoms with Crippen molar-refractivity contribution in [3.63, 3.8) is 0 Å². The first-order valence-corrected chi connectivity index (χ1v) is 8.85. The number of amides is 1. The molecule has 0 bridgehead atoms. The number of benzene rings is 2. The van der Waals surface area contributed by atoms with Crippen LogP contribution in [0.15, 0.2) is 82.5 Å². The number of nitrogens with zero attached hydrogens (tertiary/aromatic N) is 2. The van der Waals surface area contributed by atoms with E-state index in [-0.39, 0.29) is 11.9 Å². The molecule has 0 N–H and O–H groups in total. The van der Waals surface area contributed by atoms with Crippen molar-refractivity contribution < 1.29 is 9.21 Å². The zero-order chi connectivity index (χ0) is 17.9. The molecule has 0 aliphatic carbocycles. The monoisotopic (exact) mass is 344 g/mol. The third-order valence-corrected chi connectivity index (χ3v) is 4.72. The van der Waals surface area contributed by atoms with Gasteiger partial charge in [-0.2, -0.15) is 5.10 Å². The van der Waals surface area contributed by atoms with Crippen LogP contribution in [0.4, 0.5) is 0 Å². The van der Waals surface area contributed by atoms with Gasteiger partial charge in [0.05, 0.1) is 12.3 Å². The summed E-state index contributed by atoms with van der Waals surface area (Å²) in [6.45, 7) is 2.13. The summed E-state index contributed by atoms with van der Waals surface area (Å²) in [6, 6.07) is 21.3. The molecule has 0 fully saturated rings. The first kappa shape index (κ1) is 16.3. The minimum absolute atomic E-state index is 0.100. The van der Waals surface area contributed by atoms with Crippen molar-refractivity contribution in [1.29, 1.82) is 0 Å². The predicted molar refractivity (Wildman–Crippen MR) is 101 cm³/mol. The molecular formula is C22H20N2O2. The lowest BCUT2D eigenvalue weighted by Gasteiger charge is -2.22. The molecule has 3 aromatic rings. The molecule has 1 amide bonds. The Balaban J connectivity index is 1.70. The van der Waals surface area contributed by atoms with Gasteiger partial charge in [-0.15, -0.1) is 0 Å². The quantitative estimate of drug-likeness (QED) is 0.680. The lowest BCUT2D eigenvalue weighted by molar-refractivity contribution is 0.0711. The van der Waals surface area contributed by atoms with Crippen LogP contribution >= 0.6 is 0 Å². The third-order valence-electron chi connectivity index (χ3n) is 4.72. The molecule has 0 saturated heterocycles. The maximum atomic E-state index is 13.1. The standard InChI is InChI=1S/C22H20N2O2/c1-2-16-10-12-17(13-11-16)20-15-19(21-9-6-14-26-21)23-24(20)22(25)18-7-4-3-5-8-18/h3-14,20H,2,15H2,1H3. The summed E-state index contributed by atoms with van der Waals surface area (Å²) in [5, 5.41) is 6.21. The van der Waals surface area contributed by atoms with Crippen molar-refractivity contribution in [2.75, 3.05) is 0 Å². The Morgan fingerprint density at radius 2 is 1.85 bits per heavy atom. The average Bonchev–Trinajstić information content (AvgIpc) is 3.38. The van der Waals surface area contributed by atoms with Crippen LogP contribution in [0.2, 0.25) is 0 Å². The molecule has 130 valence electrons. The summed E-state index contributed by atoms with van der Waals surface area (Å²) in [7, 11) is 0. The number of hydrogen-bond acceptors (Lipinski definition) is 3. The minimum atomic E-state index is -0.131. The van der Waals surface area contributed by atoms with E-state index in [0.717, 1.165) is 17.7 Å². The largest absolute Gasteiger partial charge is 0.463 e. The predicted octanol–water partition coefficient (Wildman–Crippen LogP) is 4.83. The lowest BCUT2D eigenvalue weighted by atomic mass is 9.99. The number of carbonyl (C=O) groups excluding carboxylic acids is 1. The molecule has 1 atom stereocenters. The van der Waals surface area contributed by atoms with Crippen LogP contribution in [0.1, 0.15) is 46.6 Å². The highest BCUT2D eigenvalue weighted by molar-refractivity contribution is 6.03. The number of aryl methyl sites for hydroxylation is 1. The summed E-state index contributed by atoms with van der Waals surface area (Å²) in [4.78, 5) is 13.1. The second-order valence-corrected chi connectivity index (χ2v) is 6.35. The van der Waals surface area contributed by atoms with Crippen LogP contribution < -0.4 is 0 Å². The summed E-state index contributed by atoms with van der Waals surface area (Å²) in [5.74, 6) is 0.611. The van der Waals surface area contributed by atoms with Crippen molar-refractivity contribution in [3.05, 3.63) is 95.4 Å². The molecule has 0 spiro atoms. The van der Waals surface area contributed by atoms with Gasteiger partial charge in [-0.05, 0) is 41.8 Å². The van der Waals surface area contributed by atoms with E-state index >= 15 is 0 Å². The SMILES string of the molecule is CCc1ccc(C2CC(c3ccco3)=NN2C(=O)c2ccccc2)cc1. The molecule has 26 heavy (non-hydrogen) atoms. The highest BCUT2D eigenvalue weighted by atomic mass is 16.3. The fourth-order valence-corrected chi connectivity index (χ4v) is 3.24. The minimum Gasteiger partial charge on any atom is -0.463 e. The van der Waals surface area contributed by atoms with E-state index in [1.165, 1.54) is 5.56 Å². The van der Waals surface area contributed by atoms with Gasteiger partial charge in [0, 0.05) is 12.0 Å². The zero-order valence-corrected chi connectivity index (χ0v) is 14.6. The van der Waals surface area contributed by atoms with Crippen molar-refractivity contribution in [3.8, 4) is 0 Å². The van der Waals surface area contributed by atoms with Gasteiger partial charge >= 0.3 is 0 Å². The number of carbonyl (C=O) groups is 1. The van der Waals surface area contributed by atoms with Gasteiger partial charge in [0.15, 0.2) is 0 Å². The fraction of sp³-hybridized carbons (Fsp3) is 0.182. The summed E-state index contributed by atoms with van der Waals surface area (Å²) in [6.07, 6.45) is 3.26. The Morgan fingerprint density at radius 3 is 2.50 bits per heavy atom. The molecular weight excluding hydrogens is 324 g/mol. The topological polar surface area (TPSA) is 45.8 Å². The number of furan rings is 1. The highest BCUT2D eigenvalue weighted by Gasteiger charge is 2.34. The van der Waals surface area contributed by atoms with Crippen molar-refractivity contribution in [2.45, 2.75) is 25.8 Å². The number of hydrazone groups is 1. The lowest BCUT2D eigenvalue weighted by Crippen LogP contribution is -2.27. The van der Waals surface area contributed by atoms with E-state index in [4.69, 9.17) is 4.42 Å². The normalized spacial score (nSPS) is 16.6. The maximum absolute atomic E-state index is 13.1. The van der Waals surface area contributed by atoms with Gasteiger partial charge in [0.25, 0.3) is 5.91 Å². The Bertz CT molecular complexity index is 913. The van der Waals surface area contributed by atoms with Gasteiger partial charge in [-0.1, -0.05) is 49.4 Å². The second-order valence-electron chi connectivity index (χ2n) is 6.35. The molecule has 4 nitrogen and oxygen atoms in total.